The minimum atomic E-state index is -4.56. The molecule has 30 heavy (non-hydrogen) atoms. The van der Waals surface area contributed by atoms with Gasteiger partial charge in [-0.3, -0.25) is 10.3 Å². The highest BCUT2D eigenvalue weighted by Crippen LogP contribution is 2.41. The molecule has 1 aliphatic carbocycles. The third-order valence-corrected chi connectivity index (χ3v) is 6.13. The van der Waals surface area contributed by atoms with Gasteiger partial charge in [0.15, 0.2) is 5.82 Å². The van der Waals surface area contributed by atoms with Crippen LogP contribution in [-0.2, 0) is 11.0 Å². The van der Waals surface area contributed by atoms with Gasteiger partial charge in [0.25, 0.3) is 0 Å². The second-order valence-corrected chi connectivity index (χ2v) is 8.28. The zero-order valence-electron chi connectivity index (χ0n) is 15.9. The number of halogens is 4. The van der Waals surface area contributed by atoms with Crippen molar-refractivity contribution in [2.75, 3.05) is 0 Å². The highest BCUT2D eigenvalue weighted by atomic mass is 35.5. The Morgan fingerprint density at radius 1 is 1.07 bits per heavy atom. The van der Waals surface area contributed by atoms with Gasteiger partial charge in [0, 0.05) is 10.6 Å². The van der Waals surface area contributed by atoms with Gasteiger partial charge in [-0.05, 0) is 42.7 Å². The molecule has 5 rings (SSSR count). The van der Waals surface area contributed by atoms with Crippen LogP contribution in [0, 0.1) is 0 Å². The predicted octanol–water partition coefficient (Wildman–Crippen LogP) is 6.48. The van der Waals surface area contributed by atoms with Crippen molar-refractivity contribution in [2.24, 2.45) is 0 Å². The van der Waals surface area contributed by atoms with Crippen LogP contribution in [0.5, 0.6) is 0 Å². The number of nitrogens with one attached hydrogen (secondary N) is 2. The van der Waals surface area contributed by atoms with Crippen molar-refractivity contribution in [1.29, 1.82) is 0 Å². The smallest absolute Gasteiger partial charge is 0.337 e. The lowest BCUT2D eigenvalue weighted by atomic mass is 9.84. The van der Waals surface area contributed by atoms with Crippen molar-refractivity contribution in [3.63, 3.8) is 0 Å². The van der Waals surface area contributed by atoms with Crippen molar-refractivity contribution < 1.29 is 18.0 Å². The van der Waals surface area contributed by atoms with Gasteiger partial charge in [0.1, 0.15) is 16.8 Å². The summed E-state index contributed by atoms with van der Waals surface area (Å²) in [6, 6.07) is 9.58. The molecule has 3 aromatic rings. The van der Waals surface area contributed by atoms with Crippen molar-refractivity contribution >= 4 is 28.3 Å². The minimum absolute atomic E-state index is 0.124. The number of rotatable bonds is 2. The fourth-order valence-corrected chi connectivity index (χ4v) is 4.55. The van der Waals surface area contributed by atoms with E-state index in [1.54, 1.807) is 30.3 Å². The van der Waals surface area contributed by atoms with Crippen LogP contribution in [0.25, 0.3) is 27.9 Å². The first kappa shape index (κ1) is 19.5. The molecule has 1 saturated carbocycles. The van der Waals surface area contributed by atoms with Crippen LogP contribution in [0.2, 0.25) is 5.02 Å². The molecule has 1 fully saturated rings. The molecule has 8 heteroatoms. The number of aromatic amines is 1. The number of imidazole rings is 1. The average Bonchev–Trinajstić information content (AvgIpc) is 3.32. The molecule has 1 aromatic heterocycles. The number of fused-ring (bicyclic) bond motifs is 1. The van der Waals surface area contributed by atoms with Crippen LogP contribution in [0.1, 0.15) is 43.5 Å². The van der Waals surface area contributed by atoms with Crippen molar-refractivity contribution in [2.45, 2.75) is 43.9 Å². The van der Waals surface area contributed by atoms with Gasteiger partial charge in [-0.1, -0.05) is 49.1 Å². The maximum absolute atomic E-state index is 13.8. The number of hydrogen-bond acceptors (Lipinski definition) is 3. The Morgan fingerprint density at radius 2 is 1.83 bits per heavy atom. The summed E-state index contributed by atoms with van der Waals surface area (Å²) < 4.78 is 41.5. The lowest BCUT2D eigenvalue weighted by Crippen LogP contribution is -2.31. The molecule has 1 spiro atoms. The topological polar surface area (TPSA) is 49.9 Å². The van der Waals surface area contributed by atoms with E-state index in [9.17, 15) is 13.2 Å². The number of hydroxylamine groups is 1. The average molecular weight is 434 g/mol. The standard InChI is InChI=1S/C22H19ClF3N3O/c23-16-7-3-2-6-14(16)13-10-15(22(24,25)26)19-17(11-13)27-20(28-19)18-12-21(30-29-18)8-4-1-5-9-21/h2-3,6-7,10-12,29H,1,4-5,8-9H2,(H,27,28). The van der Waals surface area contributed by atoms with Crippen LogP contribution < -0.4 is 5.48 Å². The molecule has 0 bridgehead atoms. The second kappa shape index (κ2) is 7.03. The maximum Gasteiger partial charge on any atom is 0.418 e. The van der Waals surface area contributed by atoms with E-state index in [0.29, 0.717) is 33.2 Å². The molecule has 0 amide bonds. The summed E-state index contributed by atoms with van der Waals surface area (Å²) in [6.07, 6.45) is 2.45. The van der Waals surface area contributed by atoms with Crippen LogP contribution in [-0.4, -0.2) is 15.6 Å². The zero-order valence-corrected chi connectivity index (χ0v) is 16.7. The molecule has 2 heterocycles. The normalized spacial score (nSPS) is 18.6. The summed E-state index contributed by atoms with van der Waals surface area (Å²) in [6.45, 7) is 0. The van der Waals surface area contributed by atoms with E-state index in [4.69, 9.17) is 16.4 Å². The van der Waals surface area contributed by atoms with Crippen molar-refractivity contribution in [3.05, 3.63) is 58.9 Å². The number of hydrogen-bond donors (Lipinski definition) is 2. The Balaban J connectivity index is 1.63. The molecule has 2 N–H and O–H groups in total. The van der Waals surface area contributed by atoms with E-state index in [0.717, 1.165) is 31.7 Å². The van der Waals surface area contributed by atoms with E-state index in [1.165, 1.54) is 6.42 Å². The minimum Gasteiger partial charge on any atom is -0.337 e. The van der Waals surface area contributed by atoms with Crippen LogP contribution in [0.4, 0.5) is 13.2 Å². The molecule has 0 saturated heterocycles. The molecule has 2 aliphatic rings. The zero-order chi connectivity index (χ0) is 20.9. The Labute approximate surface area is 176 Å². The van der Waals surface area contributed by atoms with Gasteiger partial charge < -0.3 is 4.98 Å². The maximum atomic E-state index is 13.8. The van der Waals surface area contributed by atoms with E-state index in [1.807, 2.05) is 6.08 Å². The Morgan fingerprint density at radius 3 is 2.57 bits per heavy atom. The first-order valence-corrected chi connectivity index (χ1v) is 10.3. The summed E-state index contributed by atoms with van der Waals surface area (Å²) >= 11 is 6.23. The third-order valence-electron chi connectivity index (χ3n) is 5.80. The van der Waals surface area contributed by atoms with Gasteiger partial charge in [-0.2, -0.15) is 13.2 Å². The van der Waals surface area contributed by atoms with Crippen LogP contribution >= 0.6 is 11.6 Å². The summed E-state index contributed by atoms with van der Waals surface area (Å²) in [4.78, 5) is 13.1. The molecule has 1 aliphatic heterocycles. The Kier molecular flexibility index (Phi) is 4.56. The van der Waals surface area contributed by atoms with E-state index < -0.39 is 17.3 Å². The summed E-state index contributed by atoms with van der Waals surface area (Å²) in [5.41, 5.74) is 3.32. The van der Waals surface area contributed by atoms with Gasteiger partial charge in [-0.25, -0.2) is 4.98 Å². The van der Waals surface area contributed by atoms with Gasteiger partial charge in [0.2, 0.25) is 0 Å². The SMILES string of the molecule is FC(F)(F)c1cc(-c2ccccc2Cl)cc2[nH]c(C3=CC4(CCCCC4)ON3)nc12. The van der Waals surface area contributed by atoms with Crippen LogP contribution in [0.15, 0.2) is 42.5 Å². The predicted molar refractivity (Wildman–Crippen MR) is 110 cm³/mol. The Bertz CT molecular complexity index is 1150. The number of aromatic nitrogens is 2. The lowest BCUT2D eigenvalue weighted by molar-refractivity contribution is -0.136. The fraction of sp³-hybridized carbons (Fsp3) is 0.318. The van der Waals surface area contributed by atoms with Crippen molar-refractivity contribution in [3.8, 4) is 11.1 Å². The van der Waals surface area contributed by atoms with Crippen molar-refractivity contribution in [1.82, 2.24) is 15.4 Å². The summed E-state index contributed by atoms with van der Waals surface area (Å²) in [7, 11) is 0. The quantitative estimate of drug-likeness (QED) is 0.486. The molecule has 4 nitrogen and oxygen atoms in total. The summed E-state index contributed by atoms with van der Waals surface area (Å²) in [5.74, 6) is 0.328. The number of benzene rings is 2. The monoisotopic (exact) mass is 433 g/mol. The largest absolute Gasteiger partial charge is 0.418 e. The molecular weight excluding hydrogens is 415 g/mol. The Hall–Kier alpha value is -2.51. The van der Waals surface area contributed by atoms with Gasteiger partial charge >= 0.3 is 6.18 Å². The molecule has 0 radical (unpaired) electrons. The molecule has 2 aromatic carbocycles. The van der Waals surface area contributed by atoms with E-state index in [-0.39, 0.29) is 5.52 Å². The highest BCUT2D eigenvalue weighted by Gasteiger charge is 2.38. The fourth-order valence-electron chi connectivity index (χ4n) is 4.30. The number of nitrogens with zero attached hydrogens (tertiary/aromatic N) is 1. The third kappa shape index (κ3) is 3.36. The molecule has 0 atom stereocenters. The molecule has 0 unspecified atom stereocenters. The number of alkyl halides is 3. The first-order chi connectivity index (χ1) is 14.3. The first-order valence-electron chi connectivity index (χ1n) is 9.88. The van der Waals surface area contributed by atoms with E-state index >= 15 is 0 Å². The molecule has 156 valence electrons. The van der Waals surface area contributed by atoms with E-state index in [2.05, 4.69) is 15.4 Å². The second-order valence-electron chi connectivity index (χ2n) is 7.87. The van der Waals surface area contributed by atoms with Crippen LogP contribution in [0.3, 0.4) is 0 Å². The molecular formula is C22H19ClF3N3O. The van der Waals surface area contributed by atoms with Gasteiger partial charge in [0.05, 0.1) is 11.1 Å². The number of H-pyrrole nitrogens is 1. The summed E-state index contributed by atoms with van der Waals surface area (Å²) in [5, 5.41) is 0.387. The van der Waals surface area contributed by atoms with Gasteiger partial charge in [-0.15, -0.1) is 0 Å². The highest BCUT2D eigenvalue weighted by molar-refractivity contribution is 6.33. The lowest BCUT2D eigenvalue weighted by Gasteiger charge is -2.29.